The van der Waals surface area contributed by atoms with Crippen molar-refractivity contribution in [2.45, 2.75) is 13.3 Å². The predicted octanol–water partition coefficient (Wildman–Crippen LogP) is 3.32. The summed E-state index contributed by atoms with van der Waals surface area (Å²) in [6.45, 7) is 2.00. The Labute approximate surface area is 88.4 Å². The molecule has 0 heterocycles. The summed E-state index contributed by atoms with van der Waals surface area (Å²) in [5, 5.41) is 9.28. The Bertz CT molecular complexity index is 369. The molecule has 0 aromatic heterocycles. The van der Waals surface area contributed by atoms with Crippen LogP contribution in [0.2, 0.25) is 0 Å². The normalized spacial score (nSPS) is 15.7. The molecular weight excluding hydrogens is 195 g/mol. The maximum absolute atomic E-state index is 12.7. The summed E-state index contributed by atoms with van der Waals surface area (Å²) in [5.41, 5.74) is 2.74. The first kappa shape index (κ1) is 11.3. The third-order valence-electron chi connectivity index (χ3n) is 1.68. The van der Waals surface area contributed by atoms with E-state index in [4.69, 9.17) is 4.74 Å². The minimum absolute atomic E-state index is 0.0793. The Balaban J connectivity index is 2.52. The summed E-state index contributed by atoms with van der Waals surface area (Å²) in [7, 11) is 0. The largest absolute Gasteiger partial charge is 0.509 e. The van der Waals surface area contributed by atoms with Crippen molar-refractivity contribution in [3.8, 4) is 0 Å². The first-order valence-electron chi connectivity index (χ1n) is 4.73. The molecule has 3 heteroatoms. The van der Waals surface area contributed by atoms with Gasteiger partial charge in [-0.25, -0.2) is 4.39 Å². The van der Waals surface area contributed by atoms with Crippen molar-refractivity contribution in [3.63, 3.8) is 0 Å². The lowest BCUT2D eigenvalue weighted by molar-refractivity contribution is 0.204. The average molecular weight is 208 g/mol. The van der Waals surface area contributed by atoms with Gasteiger partial charge in [0.05, 0.1) is 0 Å². The lowest BCUT2D eigenvalue weighted by Crippen LogP contribution is -1.95. The van der Waals surface area contributed by atoms with Crippen LogP contribution in [0.3, 0.4) is 0 Å². The Morgan fingerprint density at radius 2 is 2.40 bits per heavy atom. The molecule has 2 nitrogen and oxygen atoms in total. The third-order valence-corrected chi connectivity index (χ3v) is 1.68. The summed E-state index contributed by atoms with van der Waals surface area (Å²) in [6, 6.07) is 0. The molecule has 0 spiro atoms. The first-order valence-corrected chi connectivity index (χ1v) is 4.73. The molecule has 0 atom stereocenters. The molecule has 1 aliphatic carbocycles. The second-order valence-corrected chi connectivity index (χ2v) is 2.95. The highest BCUT2D eigenvalue weighted by molar-refractivity contribution is 5.28. The minimum Gasteiger partial charge on any atom is -0.509 e. The van der Waals surface area contributed by atoms with Gasteiger partial charge in [0, 0.05) is 0 Å². The van der Waals surface area contributed by atoms with Gasteiger partial charge in [-0.1, -0.05) is 12.7 Å². The quantitative estimate of drug-likeness (QED) is 0.567. The molecule has 15 heavy (non-hydrogen) atoms. The molecule has 1 aliphatic rings. The number of aliphatic hydroxyl groups is 1. The lowest BCUT2D eigenvalue weighted by Gasteiger charge is -2.03. The van der Waals surface area contributed by atoms with Gasteiger partial charge in [0.25, 0.3) is 0 Å². The summed E-state index contributed by atoms with van der Waals surface area (Å²) in [4.78, 5) is 0. The van der Waals surface area contributed by atoms with Crippen LogP contribution in [-0.4, -0.2) is 11.7 Å². The maximum Gasteiger partial charge on any atom is 0.163 e. The fourth-order valence-corrected chi connectivity index (χ4v) is 0.998. The maximum atomic E-state index is 12.7. The topological polar surface area (TPSA) is 29.5 Å². The number of hydrogen-bond donors (Lipinski definition) is 1. The van der Waals surface area contributed by atoms with Gasteiger partial charge < -0.3 is 9.84 Å². The van der Waals surface area contributed by atoms with Gasteiger partial charge in [-0.15, -0.1) is 0 Å². The van der Waals surface area contributed by atoms with E-state index in [0.29, 0.717) is 5.76 Å². The van der Waals surface area contributed by atoms with Crippen LogP contribution < -0.4 is 0 Å². The van der Waals surface area contributed by atoms with Gasteiger partial charge in [0.2, 0.25) is 0 Å². The summed E-state index contributed by atoms with van der Waals surface area (Å²) in [6.07, 6.45) is 7.88. The Hall–Kier alpha value is -1.73. The van der Waals surface area contributed by atoms with E-state index in [0.717, 1.165) is 6.42 Å². The van der Waals surface area contributed by atoms with Crippen LogP contribution >= 0.6 is 0 Å². The number of rotatable bonds is 4. The second kappa shape index (κ2) is 5.89. The molecule has 0 radical (unpaired) electrons. The molecule has 80 valence electrons. The smallest absolute Gasteiger partial charge is 0.163 e. The molecule has 0 bridgehead atoms. The van der Waals surface area contributed by atoms with E-state index < -0.39 is 0 Å². The third kappa shape index (κ3) is 4.34. The second-order valence-electron chi connectivity index (χ2n) is 2.95. The van der Waals surface area contributed by atoms with Crippen molar-refractivity contribution in [3.05, 3.63) is 53.5 Å². The highest BCUT2D eigenvalue weighted by Crippen LogP contribution is 2.08. The van der Waals surface area contributed by atoms with Crippen molar-refractivity contribution in [1.82, 2.24) is 0 Å². The van der Waals surface area contributed by atoms with Crippen LogP contribution in [-0.2, 0) is 4.74 Å². The monoisotopic (exact) mass is 208 g/mol. The number of halogens is 1. The lowest BCUT2D eigenvalue weighted by atomic mass is 10.4. The highest BCUT2D eigenvalue weighted by Gasteiger charge is 1.98. The first-order chi connectivity index (χ1) is 7.22. The zero-order chi connectivity index (χ0) is 11.1. The van der Waals surface area contributed by atoms with Crippen LogP contribution in [0.15, 0.2) is 53.5 Å². The Morgan fingerprint density at radius 3 is 3.13 bits per heavy atom. The molecule has 0 unspecified atom stereocenters. The van der Waals surface area contributed by atoms with E-state index in [-0.39, 0.29) is 18.2 Å². The van der Waals surface area contributed by atoms with E-state index in [9.17, 15) is 9.50 Å². The standard InChI is InChI=1S/C12H13FO2/c1-2-4-11(14)9-15-12-6-3-5-10(13)7-8-12/h3-5,7-8,14H,2,9H2,1H3/b11-4-. The molecular formula is C12H13FO2. The Kier molecular flexibility index (Phi) is 4.45. The number of allylic oxidation sites excluding steroid dienone is 5. The molecule has 0 amide bonds. The molecule has 1 N–H and O–H groups in total. The Morgan fingerprint density at radius 1 is 1.60 bits per heavy atom. The van der Waals surface area contributed by atoms with E-state index in [1.807, 2.05) is 6.92 Å². The minimum atomic E-state index is -0.352. The number of ether oxygens (including phenoxy) is 1. The predicted molar refractivity (Wildman–Crippen MR) is 56.9 cm³/mol. The zero-order valence-electron chi connectivity index (χ0n) is 8.53. The number of aliphatic hydroxyl groups excluding tert-OH is 1. The number of hydrogen-bond acceptors (Lipinski definition) is 2. The van der Waals surface area contributed by atoms with Gasteiger partial charge in [-0.2, -0.15) is 0 Å². The molecule has 0 aromatic rings. The molecule has 0 saturated carbocycles. The van der Waals surface area contributed by atoms with Crippen LogP contribution in [0, 0.1) is 0 Å². The van der Waals surface area contributed by atoms with Crippen LogP contribution in [0.5, 0.6) is 0 Å². The molecule has 0 aromatic carbocycles. The van der Waals surface area contributed by atoms with Crippen molar-refractivity contribution in [2.75, 3.05) is 6.61 Å². The fraction of sp³-hybridized carbons (Fsp3) is 0.250. The molecule has 0 saturated heterocycles. The van der Waals surface area contributed by atoms with Crippen LogP contribution in [0.1, 0.15) is 13.3 Å². The summed E-state index contributed by atoms with van der Waals surface area (Å²) < 4.78 is 17.9. The van der Waals surface area contributed by atoms with Gasteiger partial charge in [0.1, 0.15) is 18.2 Å². The molecule has 0 aliphatic heterocycles. The van der Waals surface area contributed by atoms with Crippen molar-refractivity contribution in [1.29, 1.82) is 0 Å². The molecule has 0 fully saturated rings. The van der Waals surface area contributed by atoms with E-state index in [2.05, 4.69) is 5.73 Å². The van der Waals surface area contributed by atoms with E-state index in [1.54, 1.807) is 6.08 Å². The van der Waals surface area contributed by atoms with Gasteiger partial charge >= 0.3 is 0 Å². The van der Waals surface area contributed by atoms with Crippen molar-refractivity contribution >= 4 is 0 Å². The van der Waals surface area contributed by atoms with Crippen LogP contribution in [0.25, 0.3) is 0 Å². The van der Waals surface area contributed by atoms with E-state index in [1.165, 1.54) is 24.3 Å². The van der Waals surface area contributed by atoms with Crippen molar-refractivity contribution < 1.29 is 14.2 Å². The van der Waals surface area contributed by atoms with Gasteiger partial charge in [-0.05, 0) is 36.8 Å². The average Bonchev–Trinajstić information content (AvgIpc) is 2.41. The van der Waals surface area contributed by atoms with Gasteiger partial charge in [0.15, 0.2) is 5.76 Å². The van der Waals surface area contributed by atoms with E-state index >= 15 is 0 Å². The highest BCUT2D eigenvalue weighted by atomic mass is 19.1. The van der Waals surface area contributed by atoms with Crippen molar-refractivity contribution in [2.24, 2.45) is 0 Å². The zero-order valence-corrected chi connectivity index (χ0v) is 8.53. The fourth-order valence-electron chi connectivity index (χ4n) is 0.998. The summed E-state index contributed by atoms with van der Waals surface area (Å²) >= 11 is 0. The van der Waals surface area contributed by atoms with Crippen LogP contribution in [0.4, 0.5) is 4.39 Å². The van der Waals surface area contributed by atoms with Gasteiger partial charge in [-0.3, -0.25) is 0 Å². The summed E-state index contributed by atoms with van der Waals surface area (Å²) in [5.74, 6) is 0.210. The SMILES string of the molecule is CC/C=C(\O)COC1=C=CC=C(F)C=C1. The molecule has 1 rings (SSSR count).